The highest BCUT2D eigenvalue weighted by atomic mass is 32.2. The van der Waals surface area contributed by atoms with E-state index in [0.717, 1.165) is 6.42 Å². The minimum absolute atomic E-state index is 0.0232. The van der Waals surface area contributed by atoms with Crippen molar-refractivity contribution in [2.24, 2.45) is 17.3 Å². The highest BCUT2D eigenvalue weighted by Crippen LogP contribution is 2.38. The lowest BCUT2D eigenvalue weighted by molar-refractivity contribution is -0.127. The molecule has 1 aromatic carbocycles. The second-order valence-corrected chi connectivity index (χ2v) is 10.5. The van der Waals surface area contributed by atoms with Gasteiger partial charge in [0.25, 0.3) is 0 Å². The summed E-state index contributed by atoms with van der Waals surface area (Å²) in [5.74, 6) is 1.11. The molecule has 152 valence electrons. The van der Waals surface area contributed by atoms with Crippen molar-refractivity contribution < 1.29 is 17.9 Å². The molecular weight excluding hydrogens is 364 g/mol. The Labute approximate surface area is 163 Å². The van der Waals surface area contributed by atoms with Crippen molar-refractivity contribution in [3.63, 3.8) is 0 Å². The van der Waals surface area contributed by atoms with Crippen LogP contribution in [-0.2, 0) is 14.8 Å². The number of rotatable bonds is 7. The third-order valence-electron chi connectivity index (χ3n) is 4.42. The molecule has 1 N–H and O–H groups in total. The number of fused-ring (bicyclic) bond motifs is 1. The Kier molecular flexibility index (Phi) is 6.45. The summed E-state index contributed by atoms with van der Waals surface area (Å²) in [4.78, 5) is 14.8. The Morgan fingerprint density at radius 3 is 2.44 bits per heavy atom. The molecule has 6 nitrogen and oxygen atoms in total. The van der Waals surface area contributed by atoms with Gasteiger partial charge < -0.3 is 9.64 Å². The van der Waals surface area contributed by atoms with Gasteiger partial charge in [-0.25, -0.2) is 8.42 Å². The van der Waals surface area contributed by atoms with Gasteiger partial charge in [0, 0.05) is 12.6 Å². The van der Waals surface area contributed by atoms with Crippen molar-refractivity contribution >= 4 is 27.3 Å². The number of amides is 1. The molecule has 0 aromatic heterocycles. The van der Waals surface area contributed by atoms with Crippen LogP contribution in [0.4, 0.5) is 11.4 Å². The summed E-state index contributed by atoms with van der Waals surface area (Å²) in [5, 5.41) is 0. The molecule has 1 aromatic rings. The predicted octanol–water partition coefficient (Wildman–Crippen LogP) is 3.88. The van der Waals surface area contributed by atoms with Crippen LogP contribution in [-0.4, -0.2) is 33.2 Å². The van der Waals surface area contributed by atoms with Gasteiger partial charge in [0.2, 0.25) is 15.9 Å². The van der Waals surface area contributed by atoms with E-state index in [-0.39, 0.29) is 24.2 Å². The first kappa shape index (κ1) is 21.5. The lowest BCUT2D eigenvalue weighted by Gasteiger charge is -2.28. The molecule has 0 spiro atoms. The van der Waals surface area contributed by atoms with Crippen molar-refractivity contribution in [3.8, 4) is 5.75 Å². The zero-order valence-electron chi connectivity index (χ0n) is 17.2. The summed E-state index contributed by atoms with van der Waals surface area (Å²) in [6.45, 7) is 12.6. The molecule has 0 saturated carbocycles. The van der Waals surface area contributed by atoms with Crippen molar-refractivity contribution in [1.29, 1.82) is 0 Å². The van der Waals surface area contributed by atoms with E-state index in [1.165, 1.54) is 0 Å². The minimum atomic E-state index is -3.42. The zero-order valence-corrected chi connectivity index (χ0v) is 18.0. The molecule has 27 heavy (non-hydrogen) atoms. The van der Waals surface area contributed by atoms with Gasteiger partial charge in [-0.3, -0.25) is 9.52 Å². The Bertz CT molecular complexity index is 785. The van der Waals surface area contributed by atoms with Gasteiger partial charge >= 0.3 is 0 Å². The molecule has 1 amide bonds. The van der Waals surface area contributed by atoms with E-state index in [1.807, 2.05) is 27.7 Å². The molecule has 0 saturated heterocycles. The number of benzene rings is 1. The van der Waals surface area contributed by atoms with E-state index < -0.39 is 15.4 Å². The summed E-state index contributed by atoms with van der Waals surface area (Å²) in [6, 6.07) is 5.13. The summed E-state index contributed by atoms with van der Waals surface area (Å²) in [6.07, 6.45) is 0.879. The number of hydrogen-bond acceptors (Lipinski definition) is 4. The van der Waals surface area contributed by atoms with E-state index in [9.17, 15) is 13.2 Å². The van der Waals surface area contributed by atoms with Gasteiger partial charge in [-0.1, -0.05) is 27.7 Å². The number of sulfonamides is 1. The molecule has 0 unspecified atom stereocenters. The van der Waals surface area contributed by atoms with Crippen molar-refractivity contribution in [2.45, 2.75) is 48.0 Å². The largest absolute Gasteiger partial charge is 0.490 e. The standard InChI is InChI=1S/C20H32N2O4S/c1-14(2)9-10-22-17-8-7-16(21-27(24,25)12-15(3)4)11-18(17)26-13-20(5,6)19(22)23/h7-8,11,14-15,21H,9-10,12-13H2,1-6H3. The van der Waals surface area contributed by atoms with E-state index >= 15 is 0 Å². The van der Waals surface area contributed by atoms with Crippen molar-refractivity contribution in [3.05, 3.63) is 18.2 Å². The Balaban J connectivity index is 2.35. The smallest absolute Gasteiger partial charge is 0.236 e. The Hall–Kier alpha value is -1.76. The average molecular weight is 397 g/mol. The zero-order chi connectivity index (χ0) is 20.4. The highest BCUT2D eigenvalue weighted by Gasteiger charge is 2.37. The van der Waals surface area contributed by atoms with E-state index in [1.54, 1.807) is 23.1 Å². The summed E-state index contributed by atoms with van der Waals surface area (Å²) in [5.41, 5.74) is 0.497. The molecule has 2 rings (SSSR count). The maximum Gasteiger partial charge on any atom is 0.236 e. The highest BCUT2D eigenvalue weighted by molar-refractivity contribution is 7.92. The monoisotopic (exact) mass is 396 g/mol. The van der Waals surface area contributed by atoms with Crippen molar-refractivity contribution in [2.75, 3.05) is 28.5 Å². The first-order valence-electron chi connectivity index (χ1n) is 9.50. The van der Waals surface area contributed by atoms with Crippen LogP contribution < -0.4 is 14.4 Å². The molecule has 0 radical (unpaired) electrons. The Morgan fingerprint density at radius 1 is 1.19 bits per heavy atom. The van der Waals surface area contributed by atoms with Gasteiger partial charge in [0.15, 0.2) is 0 Å². The maximum absolute atomic E-state index is 13.0. The molecule has 0 aliphatic carbocycles. The topological polar surface area (TPSA) is 75.7 Å². The third-order valence-corrected chi connectivity index (χ3v) is 6.07. The number of hydrogen-bond donors (Lipinski definition) is 1. The molecule has 1 aliphatic heterocycles. The fraction of sp³-hybridized carbons (Fsp3) is 0.650. The quantitative estimate of drug-likeness (QED) is 0.759. The summed E-state index contributed by atoms with van der Waals surface area (Å²) >= 11 is 0. The van der Waals surface area contributed by atoms with E-state index in [2.05, 4.69) is 18.6 Å². The molecule has 1 heterocycles. The molecule has 0 bridgehead atoms. The number of nitrogens with one attached hydrogen (secondary N) is 1. The van der Waals surface area contributed by atoms with Crippen LogP contribution in [0.5, 0.6) is 5.75 Å². The van der Waals surface area contributed by atoms with Crippen LogP contribution in [0, 0.1) is 17.3 Å². The normalized spacial score (nSPS) is 16.9. The van der Waals surface area contributed by atoms with Crippen LogP contribution >= 0.6 is 0 Å². The number of carbonyl (C=O) groups is 1. The van der Waals surface area contributed by atoms with Crippen LogP contribution in [0.15, 0.2) is 18.2 Å². The summed E-state index contributed by atoms with van der Waals surface area (Å²) < 4.78 is 33.0. The lowest BCUT2D eigenvalue weighted by Crippen LogP contribution is -2.42. The Morgan fingerprint density at radius 2 is 1.85 bits per heavy atom. The molecule has 0 fully saturated rings. The number of anilines is 2. The van der Waals surface area contributed by atoms with Crippen LogP contribution in [0.25, 0.3) is 0 Å². The SMILES string of the molecule is CC(C)CCN1C(=O)C(C)(C)COc2cc(NS(=O)(=O)CC(C)C)ccc21. The number of carbonyl (C=O) groups excluding carboxylic acids is 1. The molecule has 7 heteroatoms. The van der Waals surface area contributed by atoms with Crippen LogP contribution in [0.3, 0.4) is 0 Å². The lowest BCUT2D eigenvalue weighted by atomic mass is 9.92. The molecule has 0 atom stereocenters. The average Bonchev–Trinajstić information content (AvgIpc) is 2.60. The fourth-order valence-electron chi connectivity index (χ4n) is 2.98. The number of nitrogens with zero attached hydrogens (tertiary/aromatic N) is 1. The summed E-state index contributed by atoms with van der Waals surface area (Å²) in [7, 11) is -3.42. The van der Waals surface area contributed by atoms with Gasteiger partial charge in [-0.05, 0) is 44.2 Å². The number of ether oxygens (including phenoxy) is 1. The molecule has 1 aliphatic rings. The van der Waals surface area contributed by atoms with E-state index in [4.69, 9.17) is 4.74 Å². The van der Waals surface area contributed by atoms with E-state index in [0.29, 0.717) is 29.6 Å². The van der Waals surface area contributed by atoms with Crippen molar-refractivity contribution in [1.82, 2.24) is 0 Å². The van der Waals surface area contributed by atoms with Gasteiger partial charge in [0.05, 0.1) is 22.5 Å². The molecular formula is C20H32N2O4S. The minimum Gasteiger partial charge on any atom is -0.490 e. The van der Waals surface area contributed by atoms with Crippen LogP contribution in [0.2, 0.25) is 0 Å². The third kappa shape index (κ3) is 5.61. The first-order chi connectivity index (χ1) is 12.4. The maximum atomic E-state index is 13.0. The first-order valence-corrected chi connectivity index (χ1v) is 11.2. The fourth-order valence-corrected chi connectivity index (χ4v) is 4.43. The van der Waals surface area contributed by atoms with Crippen LogP contribution in [0.1, 0.15) is 48.0 Å². The second-order valence-electron chi connectivity index (χ2n) is 8.77. The second kappa shape index (κ2) is 8.09. The predicted molar refractivity (Wildman–Crippen MR) is 110 cm³/mol. The van der Waals surface area contributed by atoms with Gasteiger partial charge in [-0.15, -0.1) is 0 Å². The van der Waals surface area contributed by atoms with Gasteiger partial charge in [0.1, 0.15) is 12.4 Å². The van der Waals surface area contributed by atoms with Gasteiger partial charge in [-0.2, -0.15) is 0 Å².